The molecule has 0 aliphatic carbocycles. The van der Waals surface area contributed by atoms with Gasteiger partial charge in [0.15, 0.2) is 6.61 Å². The van der Waals surface area contributed by atoms with Gasteiger partial charge in [0, 0.05) is 17.2 Å². The number of ether oxygens (including phenoxy) is 2. The maximum atomic E-state index is 12.4. The van der Waals surface area contributed by atoms with Crippen LogP contribution in [-0.4, -0.2) is 53.1 Å². The van der Waals surface area contributed by atoms with Crippen LogP contribution in [-0.2, 0) is 19.1 Å². The van der Waals surface area contributed by atoms with Gasteiger partial charge in [-0.3, -0.25) is 9.59 Å². The third kappa shape index (κ3) is 3.61. The zero-order chi connectivity index (χ0) is 18.9. The molecule has 26 heavy (non-hydrogen) atoms. The molecular formula is C17H19ClN2O5S. The van der Waals surface area contributed by atoms with Crippen molar-refractivity contribution in [1.82, 2.24) is 4.90 Å². The highest BCUT2D eigenvalue weighted by Crippen LogP contribution is 2.47. The summed E-state index contributed by atoms with van der Waals surface area (Å²) in [4.78, 5) is 37.8. The molecule has 2 aliphatic rings. The predicted octanol–water partition coefficient (Wildman–Crippen LogP) is 2.28. The summed E-state index contributed by atoms with van der Waals surface area (Å²) in [6.07, 6.45) is 1.15. The standard InChI is InChI=1S/C17H19ClN2O5S/c1-17-6-5-15(22)20(17)12(9-26-17)16(23)25-8-14(21)19-11-7-10(18)3-4-13(11)24-2/h3-4,7,12H,5-6,8-9H2,1-2H3,(H,19,21)/t12-,17-/m0/s1. The molecule has 2 fully saturated rings. The zero-order valence-corrected chi connectivity index (χ0v) is 16.0. The van der Waals surface area contributed by atoms with Crippen LogP contribution in [0.25, 0.3) is 0 Å². The number of carbonyl (C=O) groups excluding carboxylic acids is 3. The van der Waals surface area contributed by atoms with Crippen molar-refractivity contribution in [3.8, 4) is 5.75 Å². The van der Waals surface area contributed by atoms with E-state index in [1.54, 1.807) is 34.9 Å². The van der Waals surface area contributed by atoms with Gasteiger partial charge in [-0.2, -0.15) is 0 Å². The van der Waals surface area contributed by atoms with Crippen LogP contribution < -0.4 is 10.1 Å². The van der Waals surface area contributed by atoms with Gasteiger partial charge in [0.2, 0.25) is 5.91 Å². The first-order chi connectivity index (χ1) is 12.3. The number of methoxy groups -OCH3 is 1. The molecule has 2 saturated heterocycles. The molecule has 0 radical (unpaired) electrons. The number of esters is 1. The molecule has 0 spiro atoms. The molecule has 2 heterocycles. The minimum absolute atomic E-state index is 0.0486. The fourth-order valence-corrected chi connectivity index (χ4v) is 4.78. The average molecular weight is 399 g/mol. The van der Waals surface area contributed by atoms with E-state index in [0.717, 1.165) is 6.42 Å². The van der Waals surface area contributed by atoms with Gasteiger partial charge in [0.25, 0.3) is 5.91 Å². The summed E-state index contributed by atoms with van der Waals surface area (Å²) in [6, 6.07) is 4.16. The largest absolute Gasteiger partial charge is 0.495 e. The van der Waals surface area contributed by atoms with Crippen LogP contribution in [0, 0.1) is 0 Å². The number of thioether (sulfide) groups is 1. The summed E-state index contributed by atoms with van der Waals surface area (Å²) in [5, 5.41) is 3.04. The number of carbonyl (C=O) groups is 3. The Morgan fingerprint density at radius 1 is 1.46 bits per heavy atom. The fourth-order valence-electron chi connectivity index (χ4n) is 3.19. The van der Waals surface area contributed by atoms with Crippen LogP contribution in [0.5, 0.6) is 5.75 Å². The van der Waals surface area contributed by atoms with E-state index in [1.165, 1.54) is 7.11 Å². The molecule has 2 aliphatic heterocycles. The summed E-state index contributed by atoms with van der Waals surface area (Å²) >= 11 is 7.49. The summed E-state index contributed by atoms with van der Waals surface area (Å²) in [6.45, 7) is 1.50. The molecule has 3 rings (SSSR count). The molecule has 1 N–H and O–H groups in total. The molecule has 0 bridgehead atoms. The molecule has 2 amide bonds. The molecule has 0 aromatic heterocycles. The third-order valence-electron chi connectivity index (χ3n) is 4.50. The number of halogens is 1. The second-order valence-electron chi connectivity index (χ2n) is 6.27. The van der Waals surface area contributed by atoms with Crippen molar-refractivity contribution in [2.24, 2.45) is 0 Å². The predicted molar refractivity (Wildman–Crippen MR) is 98.3 cm³/mol. The number of hydrogen-bond acceptors (Lipinski definition) is 6. The number of hydrogen-bond donors (Lipinski definition) is 1. The lowest BCUT2D eigenvalue weighted by Gasteiger charge is -2.29. The number of benzene rings is 1. The maximum absolute atomic E-state index is 12.4. The molecule has 2 atom stereocenters. The Labute approximate surface area is 160 Å². The molecule has 9 heteroatoms. The van der Waals surface area contributed by atoms with Gasteiger partial charge in [-0.25, -0.2) is 4.79 Å². The Balaban J connectivity index is 1.57. The maximum Gasteiger partial charge on any atom is 0.330 e. The van der Waals surface area contributed by atoms with E-state index < -0.39 is 24.5 Å². The van der Waals surface area contributed by atoms with Gasteiger partial charge in [-0.15, -0.1) is 11.8 Å². The SMILES string of the molecule is COc1ccc(Cl)cc1NC(=O)COC(=O)[C@@H]1CS[C@@]2(C)CCC(=O)N12. The topological polar surface area (TPSA) is 84.9 Å². The van der Waals surface area contributed by atoms with E-state index in [-0.39, 0.29) is 10.8 Å². The third-order valence-corrected chi connectivity index (χ3v) is 6.24. The molecular weight excluding hydrogens is 380 g/mol. The van der Waals surface area contributed by atoms with Crippen molar-refractivity contribution >= 4 is 46.8 Å². The second-order valence-corrected chi connectivity index (χ2v) is 8.20. The summed E-state index contributed by atoms with van der Waals surface area (Å²) in [7, 11) is 1.47. The Morgan fingerprint density at radius 2 is 2.23 bits per heavy atom. The summed E-state index contributed by atoms with van der Waals surface area (Å²) in [5.41, 5.74) is 0.389. The van der Waals surface area contributed by atoms with E-state index in [9.17, 15) is 14.4 Å². The minimum atomic E-state index is -0.645. The van der Waals surface area contributed by atoms with Gasteiger partial charge in [-0.05, 0) is 31.5 Å². The molecule has 7 nitrogen and oxygen atoms in total. The number of nitrogens with zero attached hydrogens (tertiary/aromatic N) is 1. The fraction of sp³-hybridized carbons (Fsp3) is 0.471. The normalized spacial score (nSPS) is 24.3. The number of nitrogens with one attached hydrogen (secondary N) is 1. The number of rotatable bonds is 5. The van der Waals surface area contributed by atoms with Gasteiger partial charge < -0.3 is 19.7 Å². The second kappa shape index (κ2) is 7.36. The van der Waals surface area contributed by atoms with Crippen molar-refractivity contribution in [1.29, 1.82) is 0 Å². The van der Waals surface area contributed by atoms with Crippen molar-refractivity contribution in [3.63, 3.8) is 0 Å². The van der Waals surface area contributed by atoms with Crippen molar-refractivity contribution < 1.29 is 23.9 Å². The molecule has 140 valence electrons. The zero-order valence-electron chi connectivity index (χ0n) is 14.4. The summed E-state index contributed by atoms with van der Waals surface area (Å²) < 4.78 is 10.3. The first-order valence-corrected chi connectivity index (χ1v) is 9.46. The minimum Gasteiger partial charge on any atom is -0.495 e. The molecule has 0 unspecified atom stereocenters. The number of anilines is 1. The lowest BCUT2D eigenvalue weighted by molar-refractivity contribution is -0.155. The van der Waals surface area contributed by atoms with Crippen LogP contribution in [0.4, 0.5) is 5.69 Å². The van der Waals surface area contributed by atoms with Gasteiger partial charge in [0.1, 0.15) is 11.8 Å². The van der Waals surface area contributed by atoms with Gasteiger partial charge >= 0.3 is 5.97 Å². The lowest BCUT2D eigenvalue weighted by atomic mass is 10.2. The highest BCUT2D eigenvalue weighted by molar-refractivity contribution is 8.01. The number of fused-ring (bicyclic) bond motifs is 1. The smallest absolute Gasteiger partial charge is 0.330 e. The van der Waals surface area contributed by atoms with Crippen molar-refractivity contribution in [2.75, 3.05) is 24.8 Å². The Morgan fingerprint density at radius 3 is 2.96 bits per heavy atom. The van der Waals surface area contributed by atoms with Crippen molar-refractivity contribution in [3.05, 3.63) is 23.2 Å². The lowest BCUT2D eigenvalue weighted by Crippen LogP contribution is -2.47. The van der Waals surface area contributed by atoms with Crippen molar-refractivity contribution in [2.45, 2.75) is 30.7 Å². The first-order valence-electron chi connectivity index (χ1n) is 8.10. The first kappa shape index (κ1) is 18.8. The van der Waals surface area contributed by atoms with Crippen LogP contribution in [0.2, 0.25) is 5.02 Å². The van der Waals surface area contributed by atoms with E-state index in [1.807, 2.05) is 6.92 Å². The monoisotopic (exact) mass is 398 g/mol. The summed E-state index contributed by atoms with van der Waals surface area (Å²) in [5.74, 6) is -0.206. The Hall–Kier alpha value is -1.93. The van der Waals surface area contributed by atoms with Crippen LogP contribution in [0.3, 0.4) is 0 Å². The van der Waals surface area contributed by atoms with E-state index in [4.69, 9.17) is 21.1 Å². The highest BCUT2D eigenvalue weighted by Gasteiger charge is 2.53. The van der Waals surface area contributed by atoms with Gasteiger partial charge in [0.05, 0.1) is 17.7 Å². The van der Waals surface area contributed by atoms with Crippen LogP contribution in [0.15, 0.2) is 18.2 Å². The Bertz CT molecular complexity index is 759. The quantitative estimate of drug-likeness (QED) is 0.766. The highest BCUT2D eigenvalue weighted by atomic mass is 35.5. The van der Waals surface area contributed by atoms with E-state index in [0.29, 0.717) is 28.6 Å². The Kier molecular flexibility index (Phi) is 5.34. The van der Waals surface area contributed by atoms with Gasteiger partial charge in [-0.1, -0.05) is 11.6 Å². The van der Waals surface area contributed by atoms with E-state index >= 15 is 0 Å². The van der Waals surface area contributed by atoms with E-state index in [2.05, 4.69) is 5.32 Å². The number of amides is 2. The molecule has 1 aromatic carbocycles. The van der Waals surface area contributed by atoms with Crippen LogP contribution >= 0.6 is 23.4 Å². The van der Waals surface area contributed by atoms with Crippen LogP contribution in [0.1, 0.15) is 19.8 Å². The molecule has 1 aromatic rings. The molecule has 0 saturated carbocycles. The average Bonchev–Trinajstić information content (AvgIpc) is 3.09.